The first kappa shape index (κ1) is 30.6. The maximum Gasteiger partial charge on any atom is 2.00 e. The van der Waals surface area contributed by atoms with Gasteiger partial charge in [0.2, 0.25) is 0 Å². The molecule has 0 heterocycles. The maximum absolute atomic E-state index is 8.49. The van der Waals surface area contributed by atoms with Crippen LogP contribution < -0.4 is 66.8 Å². The van der Waals surface area contributed by atoms with Crippen molar-refractivity contribution in [3.05, 3.63) is 15.3 Å². The minimum Gasteiger partial charge on any atom is -0.356 e. The Morgan fingerprint density at radius 2 is 0.688 bits per heavy atom. The first-order valence-electron chi connectivity index (χ1n) is 1.78. The second kappa shape index (κ2) is 14.8. The summed E-state index contributed by atoms with van der Waals surface area (Å²) in [6.07, 6.45) is 0. The van der Waals surface area contributed by atoms with Gasteiger partial charge in [-0.25, -0.2) is 37.3 Å². The van der Waals surface area contributed by atoms with Crippen LogP contribution in [-0.2, 0) is 0 Å². The van der Waals surface area contributed by atoms with Crippen LogP contribution in [0.2, 0.25) is 0 Å². The summed E-state index contributed by atoms with van der Waals surface area (Å²) in [6, 6.07) is 0. The van der Waals surface area contributed by atoms with E-state index in [4.69, 9.17) is 52.6 Å². The predicted octanol–water partition coefficient (Wildman–Crippen LogP) is -13.1. The minimum absolute atomic E-state index is 0. The van der Waals surface area contributed by atoms with Gasteiger partial charge in [-0.15, -0.1) is 20.5 Å². The van der Waals surface area contributed by atoms with Crippen molar-refractivity contribution >= 4 is 37.7 Å². The Bertz CT molecular complexity index is 123. The second-order valence-electron chi connectivity index (χ2n) is 0.980. The molecular formula is CaCl2NNaO11. The average Bonchev–Trinajstić information content (AvgIpc) is 1.45. The number of hydrogen-bond acceptors (Lipinski definition) is 11. The molecule has 0 fully saturated rings. The van der Waals surface area contributed by atoms with Crippen molar-refractivity contribution in [2.45, 2.75) is 0 Å². The van der Waals surface area contributed by atoms with Gasteiger partial charge in [-0.2, -0.15) is 0 Å². The molecule has 0 N–H and O–H groups in total. The van der Waals surface area contributed by atoms with Gasteiger partial charge in [0, 0.05) is 0 Å². The van der Waals surface area contributed by atoms with Crippen molar-refractivity contribution in [3.63, 3.8) is 0 Å². The molecule has 0 saturated heterocycles. The first-order chi connectivity index (χ1) is 5.73. The molecule has 0 aromatic rings. The van der Waals surface area contributed by atoms with Crippen LogP contribution in [-0.4, -0.2) is 42.8 Å². The van der Waals surface area contributed by atoms with Crippen LogP contribution in [0.25, 0.3) is 0 Å². The SMILES string of the molecule is O=[N+]([O-])[O-].[Ca+2].[Na+].[O-][Cl+3]([O-])([O-])[O-].[O-][Cl+3]([O-])([O-])[O-]. The molecule has 0 bridgehead atoms. The Morgan fingerprint density at radius 1 is 0.688 bits per heavy atom. The van der Waals surface area contributed by atoms with Gasteiger partial charge in [-0.05, 0) is 0 Å². The second-order valence-corrected chi connectivity index (χ2v) is 2.49. The zero-order valence-electron chi connectivity index (χ0n) is 7.40. The average molecular weight is 324 g/mol. The summed E-state index contributed by atoms with van der Waals surface area (Å²) in [5.74, 6) is 0. The quantitative estimate of drug-likeness (QED) is 0.229. The smallest absolute Gasteiger partial charge is 0.356 e. The molecule has 0 spiro atoms. The van der Waals surface area contributed by atoms with Gasteiger partial charge in [0.15, 0.2) is 0 Å². The molecule has 88 valence electrons. The summed E-state index contributed by atoms with van der Waals surface area (Å²) in [5, 5.41) is 14.8. The summed E-state index contributed by atoms with van der Waals surface area (Å²) in [4.78, 5) is 8.25. The van der Waals surface area contributed by atoms with Crippen LogP contribution in [0.4, 0.5) is 0 Å². The van der Waals surface area contributed by atoms with E-state index in [1.54, 1.807) is 0 Å². The third-order valence-corrected chi connectivity index (χ3v) is 0. The molecule has 0 amide bonds. The van der Waals surface area contributed by atoms with Gasteiger partial charge >= 0.3 is 67.3 Å². The number of hydrogen-bond donors (Lipinski definition) is 0. The van der Waals surface area contributed by atoms with Gasteiger partial charge in [-0.3, -0.25) is 0 Å². The molecule has 0 aromatic heterocycles. The molecule has 0 aromatic carbocycles. The molecule has 0 saturated carbocycles. The summed E-state index contributed by atoms with van der Waals surface area (Å²) in [7, 11) is -9.89. The molecule has 0 aliphatic carbocycles. The van der Waals surface area contributed by atoms with Crippen LogP contribution >= 0.6 is 0 Å². The minimum atomic E-state index is -4.94. The normalized spacial score (nSPS) is 9.00. The molecule has 0 unspecified atom stereocenters. The Labute approximate surface area is 144 Å². The molecule has 12 nitrogen and oxygen atoms in total. The van der Waals surface area contributed by atoms with Gasteiger partial charge in [0.25, 0.3) is 0 Å². The van der Waals surface area contributed by atoms with E-state index >= 15 is 0 Å². The van der Waals surface area contributed by atoms with Crippen molar-refractivity contribution in [2.75, 3.05) is 0 Å². The van der Waals surface area contributed by atoms with E-state index in [1.165, 1.54) is 0 Å². The third-order valence-electron chi connectivity index (χ3n) is 0. The van der Waals surface area contributed by atoms with Gasteiger partial charge < -0.3 is 15.3 Å². The van der Waals surface area contributed by atoms with Crippen molar-refractivity contribution in [3.8, 4) is 0 Å². The molecule has 16 heavy (non-hydrogen) atoms. The monoisotopic (exact) mass is 323 g/mol. The summed E-state index contributed by atoms with van der Waals surface area (Å²) in [5.41, 5.74) is 0. The summed E-state index contributed by atoms with van der Waals surface area (Å²) in [6.45, 7) is 0. The van der Waals surface area contributed by atoms with E-state index in [0.717, 1.165) is 0 Å². The number of rotatable bonds is 0. The van der Waals surface area contributed by atoms with E-state index in [0.29, 0.717) is 0 Å². The molecule has 0 radical (unpaired) electrons. The van der Waals surface area contributed by atoms with Crippen LogP contribution in [0.5, 0.6) is 0 Å². The van der Waals surface area contributed by atoms with E-state index in [1.807, 2.05) is 0 Å². The fraction of sp³-hybridized carbons (Fsp3) is 0. The topological polar surface area (TPSA) is 251 Å². The fourth-order valence-electron chi connectivity index (χ4n) is 0. The van der Waals surface area contributed by atoms with Gasteiger partial charge in [0.05, 0.1) is 5.09 Å². The number of nitrogens with zero attached hydrogens (tertiary/aromatic N) is 1. The Balaban J connectivity index is -0.0000000358. The zero-order chi connectivity index (χ0) is 12.6. The van der Waals surface area contributed by atoms with Gasteiger partial charge in [-0.1, -0.05) is 0 Å². The van der Waals surface area contributed by atoms with Crippen molar-refractivity contribution in [1.82, 2.24) is 0 Å². The Kier molecular flexibility index (Phi) is 28.3. The van der Waals surface area contributed by atoms with Crippen molar-refractivity contribution < 1.29 is 92.4 Å². The molecule has 0 aliphatic heterocycles. The van der Waals surface area contributed by atoms with Crippen LogP contribution in [0.15, 0.2) is 0 Å². The van der Waals surface area contributed by atoms with Gasteiger partial charge in [0.1, 0.15) is 0 Å². The van der Waals surface area contributed by atoms with E-state index in [2.05, 4.69) is 0 Å². The largest absolute Gasteiger partial charge is 2.00 e. The summed E-state index contributed by atoms with van der Waals surface area (Å²) >= 11 is 0. The zero-order valence-corrected chi connectivity index (χ0v) is 13.1. The molecule has 16 heteroatoms. The molecule has 0 atom stereocenters. The molecule has 0 rings (SSSR count). The fourth-order valence-corrected chi connectivity index (χ4v) is 0. The number of halogens is 2. The van der Waals surface area contributed by atoms with Crippen LogP contribution in [0.3, 0.4) is 0 Å². The Morgan fingerprint density at radius 3 is 0.688 bits per heavy atom. The van der Waals surface area contributed by atoms with E-state index in [9.17, 15) is 0 Å². The van der Waals surface area contributed by atoms with E-state index < -0.39 is 25.6 Å². The van der Waals surface area contributed by atoms with Crippen LogP contribution in [0, 0.1) is 35.8 Å². The predicted molar refractivity (Wildman–Crippen MR) is 16.1 cm³/mol. The first-order valence-corrected chi connectivity index (χ1v) is 4.25. The third kappa shape index (κ3) is 1150. The Hall–Kier alpha value is 1.72. The molecular weight excluding hydrogens is 324 g/mol. The summed E-state index contributed by atoms with van der Waals surface area (Å²) < 4.78 is 67.9. The van der Waals surface area contributed by atoms with Crippen LogP contribution in [0.1, 0.15) is 0 Å². The molecule has 0 aliphatic rings. The van der Waals surface area contributed by atoms with Crippen molar-refractivity contribution in [2.24, 2.45) is 0 Å². The van der Waals surface area contributed by atoms with Crippen molar-refractivity contribution in [1.29, 1.82) is 0 Å². The standard InChI is InChI=1S/Ca.2ClHO4.NO3.Na/c;2*2-1(3,4)5;2-1(3)4;/h;2*(H,2,3,4,5);;/q+2;;;-1;+1/p-2. The maximum atomic E-state index is 8.49. The van der Waals surface area contributed by atoms with E-state index in [-0.39, 0.29) is 67.3 Å².